The minimum atomic E-state index is -1.32. The highest BCUT2D eigenvalue weighted by Gasteiger charge is 2.68. The van der Waals surface area contributed by atoms with Gasteiger partial charge in [0.25, 0.3) is 0 Å². The van der Waals surface area contributed by atoms with E-state index in [0.717, 1.165) is 19.3 Å². The summed E-state index contributed by atoms with van der Waals surface area (Å²) in [5, 5.41) is 11.4. The molecule has 1 N–H and O–H groups in total. The predicted octanol–water partition coefficient (Wildman–Crippen LogP) is 3.81. The molecule has 0 heterocycles. The van der Waals surface area contributed by atoms with E-state index in [1.165, 1.54) is 13.0 Å². The van der Waals surface area contributed by atoms with Gasteiger partial charge < -0.3 is 5.11 Å². The van der Waals surface area contributed by atoms with Gasteiger partial charge in [-0.2, -0.15) is 0 Å². The smallest absolute Gasteiger partial charge is 0.178 e. The summed E-state index contributed by atoms with van der Waals surface area (Å²) in [4.78, 5) is 24.2. The van der Waals surface area contributed by atoms with Crippen molar-refractivity contribution in [2.75, 3.05) is 0 Å². The van der Waals surface area contributed by atoms with E-state index in [2.05, 4.69) is 6.92 Å². The Morgan fingerprint density at radius 2 is 1.96 bits per heavy atom. The molecule has 3 fully saturated rings. The number of fused-ring (bicyclic) bond motifs is 5. The fourth-order valence-corrected chi connectivity index (χ4v) is 7.29. The molecule has 8 atom stereocenters. The largest absolute Gasteiger partial charge is 0.381 e. The Hall–Kier alpha value is -1.29. The van der Waals surface area contributed by atoms with Gasteiger partial charge in [0.1, 0.15) is 11.8 Å². The third kappa shape index (κ3) is 1.97. The first-order valence-electron chi connectivity index (χ1n) is 9.88. The summed E-state index contributed by atoms with van der Waals surface area (Å²) in [5.74, 6) is 0.118. The van der Waals surface area contributed by atoms with E-state index >= 15 is 4.39 Å². The maximum atomic E-state index is 15.2. The molecule has 4 heteroatoms. The number of hydrogen-bond acceptors (Lipinski definition) is 3. The minimum Gasteiger partial charge on any atom is -0.381 e. The first kappa shape index (κ1) is 18.1. The van der Waals surface area contributed by atoms with E-state index in [9.17, 15) is 14.7 Å². The lowest BCUT2D eigenvalue weighted by Crippen LogP contribution is -2.59. The highest BCUT2D eigenvalue weighted by molar-refractivity contribution is 6.01. The molecule has 0 spiro atoms. The van der Waals surface area contributed by atoms with E-state index < -0.39 is 22.6 Å². The molecule has 4 rings (SSSR count). The van der Waals surface area contributed by atoms with Crippen molar-refractivity contribution in [3.8, 4) is 0 Å². The first-order chi connectivity index (χ1) is 12.1. The number of Topliss-reactive ketones (excluding diaryl/α,β-unsaturated/α-hetero) is 1. The standard InChI is InChI=1S/C22H29FO3/c1-12-9-17-15-11-19(23)18-10-14(25)5-7-20(18,3)16(15)6-8-21(17,4)22(12,26)13(2)24/h5,7,10,12,15-17,19,26H,6,8-9,11H2,1-4H3. The van der Waals surface area contributed by atoms with Gasteiger partial charge >= 0.3 is 0 Å². The maximum Gasteiger partial charge on any atom is 0.178 e. The fourth-order valence-electron chi connectivity index (χ4n) is 7.29. The van der Waals surface area contributed by atoms with Crippen LogP contribution in [-0.4, -0.2) is 28.4 Å². The van der Waals surface area contributed by atoms with Crippen molar-refractivity contribution in [1.29, 1.82) is 0 Å². The molecular weight excluding hydrogens is 331 g/mol. The van der Waals surface area contributed by atoms with Crippen molar-refractivity contribution in [3.05, 3.63) is 23.8 Å². The van der Waals surface area contributed by atoms with E-state index in [1.54, 1.807) is 6.08 Å². The lowest BCUT2D eigenvalue weighted by molar-refractivity contribution is -0.165. The number of halogens is 1. The molecule has 0 bridgehead atoms. The van der Waals surface area contributed by atoms with E-state index in [4.69, 9.17) is 0 Å². The summed E-state index contributed by atoms with van der Waals surface area (Å²) < 4.78 is 15.2. The van der Waals surface area contributed by atoms with Crippen molar-refractivity contribution < 1.29 is 19.1 Å². The lowest BCUT2D eigenvalue weighted by Gasteiger charge is -2.58. The average Bonchev–Trinajstić information content (AvgIpc) is 2.78. The van der Waals surface area contributed by atoms with Gasteiger partial charge in [-0.25, -0.2) is 4.39 Å². The summed E-state index contributed by atoms with van der Waals surface area (Å²) in [5.41, 5.74) is -1.62. The van der Waals surface area contributed by atoms with Gasteiger partial charge in [0.05, 0.1) is 0 Å². The number of alkyl halides is 1. The predicted molar refractivity (Wildman–Crippen MR) is 97.1 cm³/mol. The van der Waals surface area contributed by atoms with Crippen molar-refractivity contribution in [1.82, 2.24) is 0 Å². The van der Waals surface area contributed by atoms with Crippen LogP contribution in [0, 0.1) is 34.5 Å². The molecule has 0 aromatic rings. The average molecular weight is 360 g/mol. The first-order valence-corrected chi connectivity index (χ1v) is 9.88. The summed E-state index contributed by atoms with van der Waals surface area (Å²) in [6.07, 6.45) is 6.63. The van der Waals surface area contributed by atoms with Crippen LogP contribution in [-0.2, 0) is 9.59 Å². The van der Waals surface area contributed by atoms with Gasteiger partial charge in [0.2, 0.25) is 0 Å². The van der Waals surface area contributed by atoms with Crippen LogP contribution in [0.3, 0.4) is 0 Å². The Labute approximate surface area is 154 Å². The minimum absolute atomic E-state index is 0.111. The van der Waals surface area contributed by atoms with Crippen LogP contribution in [0.15, 0.2) is 23.8 Å². The van der Waals surface area contributed by atoms with E-state index in [0.29, 0.717) is 12.0 Å². The molecule has 3 nitrogen and oxygen atoms in total. The number of ketones is 2. The van der Waals surface area contributed by atoms with Crippen LogP contribution < -0.4 is 0 Å². The van der Waals surface area contributed by atoms with Crippen molar-refractivity contribution in [3.63, 3.8) is 0 Å². The number of aliphatic hydroxyl groups is 1. The second kappa shape index (κ2) is 5.37. The van der Waals surface area contributed by atoms with Gasteiger partial charge in [-0.15, -0.1) is 0 Å². The normalized spacial score (nSPS) is 52.8. The van der Waals surface area contributed by atoms with Crippen molar-refractivity contribution in [2.24, 2.45) is 34.5 Å². The second-order valence-corrected chi connectivity index (χ2v) is 9.61. The molecule has 0 radical (unpaired) electrons. The van der Waals surface area contributed by atoms with Crippen LogP contribution in [0.25, 0.3) is 0 Å². The molecule has 0 aliphatic heterocycles. The van der Waals surface area contributed by atoms with Crippen molar-refractivity contribution in [2.45, 2.75) is 65.2 Å². The third-order valence-electron chi connectivity index (χ3n) is 8.66. The zero-order chi connectivity index (χ0) is 19.1. The Balaban J connectivity index is 1.77. The zero-order valence-electron chi connectivity index (χ0n) is 16.1. The van der Waals surface area contributed by atoms with Crippen LogP contribution in [0.2, 0.25) is 0 Å². The van der Waals surface area contributed by atoms with Crippen LogP contribution in [0.4, 0.5) is 4.39 Å². The quantitative estimate of drug-likeness (QED) is 0.774. The summed E-state index contributed by atoms with van der Waals surface area (Å²) in [6.45, 7) is 7.55. The van der Waals surface area contributed by atoms with Gasteiger partial charge in [0, 0.05) is 10.8 Å². The maximum absolute atomic E-state index is 15.2. The Morgan fingerprint density at radius 3 is 2.62 bits per heavy atom. The monoisotopic (exact) mass is 360 g/mol. The number of hydrogen-bond donors (Lipinski definition) is 1. The summed E-state index contributed by atoms with van der Waals surface area (Å²) in [6, 6.07) is 0. The lowest BCUT2D eigenvalue weighted by atomic mass is 9.46. The number of carbonyl (C=O) groups is 2. The molecular formula is C22H29FO3. The van der Waals surface area contributed by atoms with Crippen LogP contribution >= 0.6 is 0 Å². The Kier molecular flexibility index (Phi) is 3.74. The van der Waals surface area contributed by atoms with Gasteiger partial charge in [0.15, 0.2) is 11.6 Å². The molecule has 3 saturated carbocycles. The van der Waals surface area contributed by atoms with Crippen LogP contribution in [0.5, 0.6) is 0 Å². The summed E-state index contributed by atoms with van der Waals surface area (Å²) in [7, 11) is 0. The van der Waals surface area contributed by atoms with Gasteiger partial charge in [-0.3, -0.25) is 9.59 Å². The zero-order valence-corrected chi connectivity index (χ0v) is 16.1. The second-order valence-electron chi connectivity index (χ2n) is 9.61. The molecule has 4 aliphatic carbocycles. The fraction of sp³-hybridized carbons (Fsp3) is 0.727. The molecule has 26 heavy (non-hydrogen) atoms. The Morgan fingerprint density at radius 1 is 1.27 bits per heavy atom. The molecule has 4 aliphatic rings. The molecule has 142 valence electrons. The molecule has 0 saturated heterocycles. The molecule has 0 aromatic carbocycles. The molecule has 8 unspecified atom stereocenters. The SMILES string of the molecule is CC(=O)C1(O)C(C)CC2C3CC(F)C4=CC(=O)C=CC4(C)C3CCC21C. The van der Waals surface area contributed by atoms with E-state index in [-0.39, 0.29) is 35.2 Å². The summed E-state index contributed by atoms with van der Waals surface area (Å²) >= 11 is 0. The highest BCUT2D eigenvalue weighted by Crippen LogP contribution is 2.68. The van der Waals surface area contributed by atoms with Gasteiger partial charge in [-0.05, 0) is 74.0 Å². The van der Waals surface area contributed by atoms with Gasteiger partial charge in [-0.1, -0.05) is 26.8 Å². The molecule has 0 amide bonds. The number of allylic oxidation sites excluding steroid dienone is 4. The molecule has 0 aromatic heterocycles. The number of rotatable bonds is 1. The number of carbonyl (C=O) groups excluding carboxylic acids is 2. The third-order valence-corrected chi connectivity index (χ3v) is 8.66. The highest BCUT2D eigenvalue weighted by atomic mass is 19.1. The van der Waals surface area contributed by atoms with Crippen molar-refractivity contribution >= 4 is 11.6 Å². The Bertz CT molecular complexity index is 740. The topological polar surface area (TPSA) is 54.4 Å². The van der Waals surface area contributed by atoms with Crippen LogP contribution in [0.1, 0.15) is 53.4 Å². The van der Waals surface area contributed by atoms with E-state index in [1.807, 2.05) is 19.9 Å².